The van der Waals surface area contributed by atoms with Gasteiger partial charge in [-0.15, -0.1) is 21.5 Å². The normalized spacial score (nSPS) is 13.7. The summed E-state index contributed by atoms with van der Waals surface area (Å²) in [5.41, 5.74) is 2.06. The quantitative estimate of drug-likeness (QED) is 0.707. The van der Waals surface area contributed by atoms with E-state index < -0.39 is 0 Å². The predicted molar refractivity (Wildman–Crippen MR) is 96.7 cm³/mol. The summed E-state index contributed by atoms with van der Waals surface area (Å²) in [4.78, 5) is 25.2. The second-order valence-electron chi connectivity index (χ2n) is 5.81. The maximum absolute atomic E-state index is 12.3. The molecule has 1 aliphatic rings. The highest BCUT2D eigenvalue weighted by atomic mass is 32.1. The Morgan fingerprint density at radius 1 is 1.12 bits per heavy atom. The van der Waals surface area contributed by atoms with E-state index >= 15 is 0 Å². The number of hydrogen-bond donors (Lipinski definition) is 2. The summed E-state index contributed by atoms with van der Waals surface area (Å²) in [7, 11) is 0. The lowest BCUT2D eigenvalue weighted by Gasteiger charge is -2.03. The van der Waals surface area contributed by atoms with Gasteiger partial charge in [0.15, 0.2) is 5.13 Å². The van der Waals surface area contributed by atoms with Gasteiger partial charge in [0.1, 0.15) is 10.7 Å². The first-order chi connectivity index (χ1) is 12.1. The zero-order chi connectivity index (χ0) is 17.4. The van der Waals surface area contributed by atoms with Gasteiger partial charge in [-0.3, -0.25) is 10.1 Å². The van der Waals surface area contributed by atoms with Crippen LogP contribution in [0.5, 0.6) is 0 Å². The fourth-order valence-electron chi connectivity index (χ4n) is 2.25. The minimum Gasteiger partial charge on any atom is -0.300 e. The highest BCUT2D eigenvalue weighted by Crippen LogP contribution is 2.42. The maximum atomic E-state index is 12.3. The Hall–Kier alpha value is -2.46. The van der Waals surface area contributed by atoms with Crippen LogP contribution in [0.25, 0.3) is 0 Å². The van der Waals surface area contributed by atoms with Crippen molar-refractivity contribution in [3.63, 3.8) is 0 Å². The molecule has 1 aliphatic carbocycles. The van der Waals surface area contributed by atoms with Gasteiger partial charge in [-0.25, -0.2) is 15.0 Å². The number of anilines is 3. The van der Waals surface area contributed by atoms with Gasteiger partial charge in [-0.2, -0.15) is 0 Å². The van der Waals surface area contributed by atoms with Crippen molar-refractivity contribution in [3.8, 4) is 0 Å². The van der Waals surface area contributed by atoms with Crippen molar-refractivity contribution < 1.29 is 4.79 Å². The van der Waals surface area contributed by atoms with Crippen LogP contribution in [0.4, 0.5) is 16.2 Å². The molecule has 1 amide bonds. The average Bonchev–Trinajstić information content (AvgIpc) is 3.11. The number of nitrogens with zero attached hydrogens (tertiary/aromatic N) is 5. The summed E-state index contributed by atoms with van der Waals surface area (Å²) in [6.45, 7) is 3.80. The Balaban J connectivity index is 1.43. The Kier molecular flexibility index (Phi) is 4.14. The second-order valence-corrected chi connectivity index (χ2v) is 7.68. The molecule has 1 saturated carbocycles. The number of carbonyl (C=O) groups is 1. The van der Waals surface area contributed by atoms with E-state index in [1.165, 1.54) is 22.7 Å². The molecule has 0 spiro atoms. The molecular weight excluding hydrogens is 358 g/mol. The van der Waals surface area contributed by atoms with Crippen LogP contribution in [0.2, 0.25) is 0 Å². The van der Waals surface area contributed by atoms with Gasteiger partial charge in [0, 0.05) is 22.7 Å². The van der Waals surface area contributed by atoms with Crippen molar-refractivity contribution in [1.29, 1.82) is 0 Å². The summed E-state index contributed by atoms with van der Waals surface area (Å²) >= 11 is 2.74. The van der Waals surface area contributed by atoms with Crippen LogP contribution in [0.15, 0.2) is 11.4 Å². The van der Waals surface area contributed by atoms with Crippen molar-refractivity contribution in [3.05, 3.63) is 33.5 Å². The van der Waals surface area contributed by atoms with Gasteiger partial charge in [0.05, 0.1) is 0 Å². The molecule has 0 saturated heterocycles. The Labute approximate surface area is 151 Å². The molecule has 0 aliphatic heterocycles. The fraction of sp³-hybridized carbons (Fsp3) is 0.333. The van der Waals surface area contributed by atoms with E-state index in [4.69, 9.17) is 0 Å². The third-order valence-corrected chi connectivity index (χ3v) is 5.28. The van der Waals surface area contributed by atoms with Gasteiger partial charge in [-0.05, 0) is 32.8 Å². The minimum absolute atomic E-state index is 0.302. The zero-order valence-corrected chi connectivity index (χ0v) is 15.2. The van der Waals surface area contributed by atoms with E-state index in [-0.39, 0.29) is 5.91 Å². The van der Waals surface area contributed by atoms with Crippen LogP contribution in [0.3, 0.4) is 0 Å². The van der Waals surface area contributed by atoms with Crippen molar-refractivity contribution in [2.75, 3.05) is 10.6 Å². The lowest BCUT2D eigenvalue weighted by Crippen LogP contribution is -2.12. The highest BCUT2D eigenvalue weighted by molar-refractivity contribution is 7.15. The van der Waals surface area contributed by atoms with E-state index in [9.17, 15) is 4.79 Å². The summed E-state index contributed by atoms with van der Waals surface area (Å²) in [6, 6.07) is 1.89. The number of nitrogens with one attached hydrogen (secondary N) is 2. The van der Waals surface area contributed by atoms with E-state index in [0.29, 0.717) is 27.8 Å². The Morgan fingerprint density at radius 3 is 2.60 bits per heavy atom. The molecule has 0 radical (unpaired) electrons. The number of rotatable bonds is 5. The zero-order valence-electron chi connectivity index (χ0n) is 13.6. The van der Waals surface area contributed by atoms with E-state index in [1.54, 1.807) is 5.38 Å². The van der Waals surface area contributed by atoms with Gasteiger partial charge < -0.3 is 5.32 Å². The van der Waals surface area contributed by atoms with Crippen molar-refractivity contribution in [1.82, 2.24) is 25.1 Å². The fourth-order valence-corrected chi connectivity index (χ4v) is 3.85. The molecule has 0 unspecified atom stereocenters. The number of aryl methyl sites for hydroxylation is 2. The van der Waals surface area contributed by atoms with E-state index in [2.05, 4.69) is 35.8 Å². The van der Waals surface area contributed by atoms with Crippen LogP contribution >= 0.6 is 22.7 Å². The first-order valence-electron chi connectivity index (χ1n) is 7.76. The van der Waals surface area contributed by atoms with Crippen molar-refractivity contribution in [2.45, 2.75) is 32.6 Å². The molecule has 4 rings (SSSR count). The molecule has 3 heterocycles. The summed E-state index contributed by atoms with van der Waals surface area (Å²) < 4.78 is 0. The maximum Gasteiger partial charge on any atom is 0.277 e. The summed E-state index contributed by atoms with van der Waals surface area (Å²) in [5, 5.41) is 17.6. The van der Waals surface area contributed by atoms with Crippen LogP contribution in [0.1, 0.15) is 45.6 Å². The third-order valence-electron chi connectivity index (χ3n) is 3.53. The molecule has 0 aromatic carbocycles. The number of hydrogen-bond acceptors (Lipinski definition) is 9. The highest BCUT2D eigenvalue weighted by Gasteiger charge is 2.28. The minimum atomic E-state index is -0.302. The monoisotopic (exact) mass is 373 g/mol. The van der Waals surface area contributed by atoms with Crippen LogP contribution < -0.4 is 10.6 Å². The lowest BCUT2D eigenvalue weighted by atomic mass is 10.4. The van der Waals surface area contributed by atoms with Gasteiger partial charge in [-0.1, -0.05) is 11.3 Å². The standard InChI is InChI=1S/C15H15N7OS2/c1-7-5-8(2)17-13(16-7)20-14-18-10(6-24-14)11(23)19-15-22-21-12(25-15)9-3-4-9/h5-6,9H,3-4H2,1-2H3,(H,19,22,23)(H,16,17,18,20). The average molecular weight is 373 g/mol. The smallest absolute Gasteiger partial charge is 0.277 e. The Morgan fingerprint density at radius 2 is 1.88 bits per heavy atom. The van der Waals surface area contributed by atoms with Gasteiger partial charge in [0.25, 0.3) is 5.91 Å². The number of amides is 1. The van der Waals surface area contributed by atoms with Crippen LogP contribution in [-0.2, 0) is 0 Å². The number of aromatic nitrogens is 5. The molecule has 128 valence electrons. The lowest BCUT2D eigenvalue weighted by molar-refractivity contribution is 0.102. The number of carbonyl (C=O) groups excluding carboxylic acids is 1. The van der Waals surface area contributed by atoms with Gasteiger partial charge in [0.2, 0.25) is 11.1 Å². The SMILES string of the molecule is Cc1cc(C)nc(Nc2nc(C(=O)Nc3nnc(C4CC4)s3)cs2)n1. The van der Waals surface area contributed by atoms with Crippen molar-refractivity contribution >= 4 is 44.8 Å². The molecule has 1 fully saturated rings. The third kappa shape index (κ3) is 3.80. The summed E-state index contributed by atoms with van der Waals surface area (Å²) in [6.07, 6.45) is 2.31. The molecule has 3 aromatic rings. The molecule has 25 heavy (non-hydrogen) atoms. The predicted octanol–water partition coefficient (Wildman–Crippen LogP) is 3.27. The van der Waals surface area contributed by atoms with E-state index in [0.717, 1.165) is 29.2 Å². The van der Waals surface area contributed by atoms with Crippen LogP contribution in [-0.4, -0.2) is 31.1 Å². The molecule has 10 heteroatoms. The number of thiazole rings is 1. The van der Waals surface area contributed by atoms with E-state index in [1.807, 2.05) is 19.9 Å². The molecule has 0 atom stereocenters. The first kappa shape index (κ1) is 16.0. The topological polar surface area (TPSA) is 106 Å². The summed E-state index contributed by atoms with van der Waals surface area (Å²) in [5.74, 6) is 0.692. The molecule has 3 aromatic heterocycles. The van der Waals surface area contributed by atoms with Gasteiger partial charge >= 0.3 is 0 Å². The van der Waals surface area contributed by atoms with Crippen LogP contribution in [0, 0.1) is 13.8 Å². The second kappa shape index (κ2) is 6.45. The first-order valence-corrected chi connectivity index (χ1v) is 9.46. The molecule has 0 bridgehead atoms. The molecule has 2 N–H and O–H groups in total. The molecular formula is C15H15N7OS2. The Bertz CT molecular complexity index is 911. The van der Waals surface area contributed by atoms with Crippen molar-refractivity contribution in [2.24, 2.45) is 0 Å². The largest absolute Gasteiger partial charge is 0.300 e. The molecule has 8 nitrogen and oxygen atoms in total.